The summed E-state index contributed by atoms with van der Waals surface area (Å²) in [7, 11) is -3.36. The van der Waals surface area contributed by atoms with Gasteiger partial charge >= 0.3 is 0 Å². The number of carbonyl (C=O) groups excluding carboxylic acids is 3. The van der Waals surface area contributed by atoms with Crippen molar-refractivity contribution in [3.8, 4) is 0 Å². The smallest absolute Gasteiger partial charge is 0.278 e. The molecule has 2 aliphatic rings. The first-order valence-corrected chi connectivity index (χ1v) is 11.5. The highest BCUT2D eigenvalue weighted by atomic mass is 32.2. The fourth-order valence-electron chi connectivity index (χ4n) is 3.42. The van der Waals surface area contributed by atoms with Gasteiger partial charge in [-0.2, -0.15) is 0 Å². The molecular weight excluding hydrogens is 404 g/mol. The van der Waals surface area contributed by atoms with Crippen LogP contribution in [0.5, 0.6) is 0 Å². The van der Waals surface area contributed by atoms with E-state index in [0.29, 0.717) is 6.42 Å². The van der Waals surface area contributed by atoms with Gasteiger partial charge in [0.1, 0.15) is 22.0 Å². The van der Waals surface area contributed by atoms with Gasteiger partial charge in [-0.15, -0.1) is 0 Å². The van der Waals surface area contributed by atoms with Crippen LogP contribution < -0.4 is 21.7 Å². The van der Waals surface area contributed by atoms with Crippen LogP contribution in [-0.2, 0) is 24.2 Å². The lowest BCUT2D eigenvalue weighted by Gasteiger charge is -2.31. The van der Waals surface area contributed by atoms with Crippen molar-refractivity contribution in [3.63, 3.8) is 0 Å². The highest BCUT2D eigenvalue weighted by Crippen LogP contribution is 2.20. The van der Waals surface area contributed by atoms with Crippen LogP contribution in [0.15, 0.2) is 11.6 Å². The zero-order chi connectivity index (χ0) is 21.8. The highest BCUT2D eigenvalue weighted by Gasteiger charge is 2.36. The van der Waals surface area contributed by atoms with Crippen molar-refractivity contribution >= 4 is 27.6 Å². The third kappa shape index (κ3) is 6.77. The SMILES string of the molecule is CS(=O)(=O)CC[C@H](NC(=O)C1=C[C@@H](NC(=O)[C@H]2CCC[NH2+]2)[C@@H](O)[C@H](O)C1)C(N)=O. The van der Waals surface area contributed by atoms with Crippen LogP contribution in [-0.4, -0.2) is 85.2 Å². The Kier molecular flexibility index (Phi) is 7.74. The number of primary amides is 1. The minimum Gasteiger partial charge on any atom is -0.390 e. The molecule has 1 saturated heterocycles. The van der Waals surface area contributed by atoms with Crippen LogP contribution in [0, 0.1) is 0 Å². The molecule has 164 valence electrons. The topological polar surface area (TPSA) is 192 Å². The number of hydrogen-bond acceptors (Lipinski definition) is 7. The molecule has 11 nitrogen and oxygen atoms in total. The van der Waals surface area contributed by atoms with E-state index in [0.717, 1.165) is 19.2 Å². The van der Waals surface area contributed by atoms with Gasteiger partial charge in [-0.05, 0) is 6.42 Å². The second kappa shape index (κ2) is 9.65. The highest BCUT2D eigenvalue weighted by molar-refractivity contribution is 7.90. The molecule has 8 N–H and O–H groups in total. The van der Waals surface area contributed by atoms with E-state index < -0.39 is 45.9 Å². The number of nitrogens with one attached hydrogen (secondary N) is 2. The van der Waals surface area contributed by atoms with Gasteiger partial charge < -0.3 is 31.9 Å². The van der Waals surface area contributed by atoms with Crippen molar-refractivity contribution in [1.82, 2.24) is 10.6 Å². The lowest BCUT2D eigenvalue weighted by atomic mass is 9.89. The molecule has 3 amide bonds. The Morgan fingerprint density at radius 3 is 2.59 bits per heavy atom. The normalized spacial score (nSPS) is 28.3. The molecule has 1 fully saturated rings. The quantitative estimate of drug-likeness (QED) is 0.223. The number of hydrogen-bond donors (Lipinski definition) is 6. The maximum atomic E-state index is 12.5. The van der Waals surface area contributed by atoms with E-state index in [4.69, 9.17) is 5.73 Å². The zero-order valence-corrected chi connectivity index (χ0v) is 17.0. The Hall–Kier alpha value is -2.02. The van der Waals surface area contributed by atoms with E-state index in [-0.39, 0.29) is 36.1 Å². The maximum absolute atomic E-state index is 12.5. The maximum Gasteiger partial charge on any atom is 0.278 e. The molecule has 1 heterocycles. The summed E-state index contributed by atoms with van der Waals surface area (Å²) in [6.45, 7) is 0.833. The van der Waals surface area contributed by atoms with Crippen LogP contribution in [0.1, 0.15) is 25.7 Å². The van der Waals surface area contributed by atoms with Crippen molar-refractivity contribution in [2.75, 3.05) is 18.6 Å². The van der Waals surface area contributed by atoms with E-state index in [1.807, 2.05) is 5.32 Å². The molecule has 5 atom stereocenters. The van der Waals surface area contributed by atoms with Gasteiger partial charge in [0.2, 0.25) is 11.8 Å². The summed E-state index contributed by atoms with van der Waals surface area (Å²) in [5.41, 5.74) is 5.30. The summed E-state index contributed by atoms with van der Waals surface area (Å²) in [4.78, 5) is 36.4. The Balaban J connectivity index is 2.07. The molecule has 0 bridgehead atoms. The number of quaternary nitrogens is 1. The summed E-state index contributed by atoms with van der Waals surface area (Å²) >= 11 is 0. The van der Waals surface area contributed by atoms with Crippen molar-refractivity contribution in [2.45, 2.75) is 56.0 Å². The first kappa shape index (κ1) is 23.3. The average Bonchev–Trinajstić information content (AvgIpc) is 3.15. The number of aliphatic hydroxyl groups is 2. The molecule has 0 radical (unpaired) electrons. The number of nitrogens with two attached hydrogens (primary N) is 2. The lowest BCUT2D eigenvalue weighted by Crippen LogP contribution is -2.89. The molecule has 2 rings (SSSR count). The molecule has 12 heteroatoms. The third-order valence-corrected chi connectivity index (χ3v) is 6.08. The summed E-state index contributed by atoms with van der Waals surface area (Å²) in [5, 5.41) is 27.2. The molecule has 0 spiro atoms. The van der Waals surface area contributed by atoms with Gasteiger partial charge in [-0.1, -0.05) is 6.08 Å². The molecule has 1 aliphatic carbocycles. The van der Waals surface area contributed by atoms with Gasteiger partial charge in [0.15, 0.2) is 6.04 Å². The Bertz CT molecular complexity index is 777. The number of rotatable bonds is 8. The summed E-state index contributed by atoms with van der Waals surface area (Å²) < 4.78 is 22.6. The predicted molar refractivity (Wildman–Crippen MR) is 102 cm³/mol. The van der Waals surface area contributed by atoms with Crippen LogP contribution in [0.2, 0.25) is 0 Å². The Morgan fingerprint density at radius 2 is 2.03 bits per heavy atom. The van der Waals surface area contributed by atoms with E-state index in [2.05, 4.69) is 10.6 Å². The minimum atomic E-state index is -3.36. The van der Waals surface area contributed by atoms with E-state index in [1.165, 1.54) is 6.08 Å². The van der Waals surface area contributed by atoms with Crippen molar-refractivity contribution in [1.29, 1.82) is 0 Å². The molecule has 0 aromatic rings. The standard InChI is InChI=1S/C17H28N4O7S/c1-29(27,28)6-4-10(15(18)24)20-16(25)9-7-12(14(23)13(22)8-9)21-17(26)11-3-2-5-19-11/h7,10-14,19,22-23H,2-6,8H2,1H3,(H2,18,24)(H,20,25)(H,21,26)/p+1/t10-,11+,12+,13+,14+/m0/s1. The molecule has 29 heavy (non-hydrogen) atoms. The molecule has 0 aromatic heterocycles. The van der Waals surface area contributed by atoms with Gasteiger partial charge in [0.05, 0.1) is 24.4 Å². The van der Waals surface area contributed by atoms with Crippen LogP contribution in [0.25, 0.3) is 0 Å². The molecular formula is C17H29N4O7S+. The summed E-state index contributed by atoms with van der Waals surface area (Å²) in [6.07, 6.45) is 1.00. The lowest BCUT2D eigenvalue weighted by molar-refractivity contribution is -0.657. The third-order valence-electron chi connectivity index (χ3n) is 5.11. The van der Waals surface area contributed by atoms with E-state index >= 15 is 0 Å². The molecule has 0 aromatic carbocycles. The fourth-order valence-corrected chi connectivity index (χ4v) is 4.08. The van der Waals surface area contributed by atoms with Crippen molar-refractivity contribution in [3.05, 3.63) is 11.6 Å². The Labute approximate surface area is 169 Å². The second-order valence-corrected chi connectivity index (χ2v) is 9.87. The number of sulfone groups is 1. The van der Waals surface area contributed by atoms with Crippen LogP contribution in [0.4, 0.5) is 0 Å². The van der Waals surface area contributed by atoms with Gasteiger partial charge in [-0.3, -0.25) is 14.4 Å². The molecule has 1 aliphatic heterocycles. The fraction of sp³-hybridized carbons (Fsp3) is 0.706. The van der Waals surface area contributed by atoms with E-state index in [9.17, 15) is 33.0 Å². The van der Waals surface area contributed by atoms with E-state index in [1.54, 1.807) is 0 Å². The number of amides is 3. The Morgan fingerprint density at radius 1 is 1.34 bits per heavy atom. The molecule has 0 saturated carbocycles. The number of aliphatic hydroxyl groups excluding tert-OH is 2. The average molecular weight is 434 g/mol. The first-order chi connectivity index (χ1) is 13.5. The first-order valence-electron chi connectivity index (χ1n) is 9.46. The monoisotopic (exact) mass is 433 g/mol. The number of carbonyl (C=O) groups is 3. The minimum absolute atomic E-state index is 0.0640. The predicted octanol–water partition coefficient (Wildman–Crippen LogP) is -4.35. The van der Waals surface area contributed by atoms with Crippen LogP contribution in [0.3, 0.4) is 0 Å². The second-order valence-electron chi connectivity index (χ2n) is 7.61. The van der Waals surface area contributed by atoms with Crippen molar-refractivity contribution < 1.29 is 38.3 Å². The van der Waals surface area contributed by atoms with Gasteiger partial charge in [-0.25, -0.2) is 8.42 Å². The van der Waals surface area contributed by atoms with Crippen LogP contribution >= 0.6 is 0 Å². The van der Waals surface area contributed by atoms with Gasteiger partial charge in [0.25, 0.3) is 5.91 Å². The summed E-state index contributed by atoms with van der Waals surface area (Å²) in [6, 6.07) is -2.45. The van der Waals surface area contributed by atoms with Crippen molar-refractivity contribution in [2.24, 2.45) is 5.73 Å². The summed E-state index contributed by atoms with van der Waals surface area (Å²) in [5.74, 6) is -2.24. The largest absolute Gasteiger partial charge is 0.390 e. The zero-order valence-electron chi connectivity index (χ0n) is 16.2. The van der Waals surface area contributed by atoms with Gasteiger partial charge in [0, 0.05) is 31.1 Å². The molecule has 0 unspecified atom stereocenters.